The molecule has 0 bridgehead atoms. The predicted octanol–water partition coefficient (Wildman–Crippen LogP) is 3.08. The third kappa shape index (κ3) is 3.85. The summed E-state index contributed by atoms with van der Waals surface area (Å²) in [4.78, 5) is 4.23. The molecular weight excluding hydrogens is 296 g/mol. The second-order valence-electron chi connectivity index (χ2n) is 4.77. The molecule has 0 radical (unpaired) electrons. The minimum Gasteiger partial charge on any atom is -0.487 e. The van der Waals surface area contributed by atoms with Crippen molar-refractivity contribution in [3.63, 3.8) is 0 Å². The molecule has 5 nitrogen and oxygen atoms in total. The molecule has 0 atom stereocenters. The highest BCUT2D eigenvalue weighted by atomic mass is 32.2. The van der Waals surface area contributed by atoms with E-state index in [1.54, 1.807) is 24.3 Å². The van der Waals surface area contributed by atoms with E-state index >= 15 is 0 Å². The molecule has 3 aromatic rings. The van der Waals surface area contributed by atoms with E-state index in [1.165, 1.54) is 5.56 Å². The monoisotopic (exact) mass is 312 g/mol. The van der Waals surface area contributed by atoms with Gasteiger partial charge in [0.15, 0.2) is 5.16 Å². The van der Waals surface area contributed by atoms with Crippen LogP contribution in [-0.4, -0.2) is 19.7 Å². The Balaban J connectivity index is 1.53. The molecule has 2 aromatic heterocycles. The summed E-state index contributed by atoms with van der Waals surface area (Å²) in [7, 11) is 1.94. The standard InChI is InChI=1S/C16H16N4OS/c1-20-12-18-19-16(20)22-11-13-5-7-15(8-6-13)21-10-14-4-2-3-9-17-14/h2-9,12H,10-11H2,1H3. The van der Waals surface area contributed by atoms with Crippen molar-refractivity contribution < 1.29 is 4.74 Å². The summed E-state index contributed by atoms with van der Waals surface area (Å²) in [5.74, 6) is 1.70. The lowest BCUT2D eigenvalue weighted by Crippen LogP contribution is -1.97. The van der Waals surface area contributed by atoms with Crippen LogP contribution in [0.4, 0.5) is 0 Å². The fraction of sp³-hybridized carbons (Fsp3) is 0.188. The van der Waals surface area contributed by atoms with Crippen LogP contribution in [0, 0.1) is 0 Å². The molecule has 0 spiro atoms. The van der Waals surface area contributed by atoms with Crippen LogP contribution in [0.15, 0.2) is 60.1 Å². The van der Waals surface area contributed by atoms with E-state index in [-0.39, 0.29) is 0 Å². The summed E-state index contributed by atoms with van der Waals surface area (Å²) in [6, 6.07) is 13.9. The quantitative estimate of drug-likeness (QED) is 0.655. The Hall–Kier alpha value is -2.34. The van der Waals surface area contributed by atoms with Crippen LogP contribution >= 0.6 is 11.8 Å². The fourth-order valence-corrected chi connectivity index (χ4v) is 2.72. The number of nitrogens with zero attached hydrogens (tertiary/aromatic N) is 4. The molecule has 0 saturated carbocycles. The van der Waals surface area contributed by atoms with Crippen LogP contribution in [-0.2, 0) is 19.4 Å². The maximum Gasteiger partial charge on any atom is 0.191 e. The number of benzene rings is 1. The van der Waals surface area contributed by atoms with Crippen molar-refractivity contribution in [2.45, 2.75) is 17.5 Å². The lowest BCUT2D eigenvalue weighted by molar-refractivity contribution is 0.301. The Morgan fingerprint density at radius 1 is 1.14 bits per heavy atom. The molecule has 0 saturated heterocycles. The van der Waals surface area contributed by atoms with Gasteiger partial charge in [-0.3, -0.25) is 4.98 Å². The summed E-state index contributed by atoms with van der Waals surface area (Å²) >= 11 is 1.66. The van der Waals surface area contributed by atoms with Gasteiger partial charge >= 0.3 is 0 Å². The van der Waals surface area contributed by atoms with Gasteiger partial charge in [0.2, 0.25) is 0 Å². The highest BCUT2D eigenvalue weighted by Gasteiger charge is 2.03. The van der Waals surface area contributed by atoms with Gasteiger partial charge < -0.3 is 9.30 Å². The normalized spacial score (nSPS) is 10.6. The highest BCUT2D eigenvalue weighted by Crippen LogP contribution is 2.21. The Kier molecular flexibility index (Phi) is 4.70. The van der Waals surface area contributed by atoms with Gasteiger partial charge in [-0.2, -0.15) is 0 Å². The summed E-state index contributed by atoms with van der Waals surface area (Å²) in [5, 5.41) is 8.84. The SMILES string of the molecule is Cn1cnnc1SCc1ccc(OCc2ccccn2)cc1. The predicted molar refractivity (Wildman–Crippen MR) is 85.6 cm³/mol. The van der Waals surface area contributed by atoms with E-state index in [4.69, 9.17) is 4.74 Å². The Bertz CT molecular complexity index is 713. The van der Waals surface area contributed by atoms with Crippen molar-refractivity contribution in [3.05, 3.63) is 66.2 Å². The zero-order valence-corrected chi connectivity index (χ0v) is 13.0. The number of rotatable bonds is 6. The van der Waals surface area contributed by atoms with Gasteiger partial charge in [0.1, 0.15) is 18.7 Å². The number of hydrogen-bond acceptors (Lipinski definition) is 5. The van der Waals surface area contributed by atoms with Crippen molar-refractivity contribution in [2.24, 2.45) is 7.05 Å². The lowest BCUT2D eigenvalue weighted by Gasteiger charge is -2.07. The molecule has 1 aromatic carbocycles. The number of hydrogen-bond donors (Lipinski definition) is 0. The minimum atomic E-state index is 0.480. The Morgan fingerprint density at radius 3 is 2.68 bits per heavy atom. The molecule has 0 amide bonds. The molecule has 22 heavy (non-hydrogen) atoms. The molecule has 0 aliphatic heterocycles. The van der Waals surface area contributed by atoms with Crippen LogP contribution in [0.2, 0.25) is 0 Å². The molecule has 0 unspecified atom stereocenters. The fourth-order valence-electron chi connectivity index (χ4n) is 1.87. The summed E-state index contributed by atoms with van der Waals surface area (Å²) < 4.78 is 7.63. The van der Waals surface area contributed by atoms with Crippen LogP contribution < -0.4 is 4.74 Å². The van der Waals surface area contributed by atoms with E-state index < -0.39 is 0 Å². The average molecular weight is 312 g/mol. The van der Waals surface area contributed by atoms with Gasteiger partial charge in [0.05, 0.1) is 5.69 Å². The van der Waals surface area contributed by atoms with Crippen LogP contribution in [0.1, 0.15) is 11.3 Å². The molecule has 0 N–H and O–H groups in total. The second kappa shape index (κ2) is 7.09. The molecule has 3 rings (SSSR count). The molecule has 0 aliphatic carbocycles. The smallest absolute Gasteiger partial charge is 0.191 e. The lowest BCUT2D eigenvalue weighted by atomic mass is 10.2. The number of aromatic nitrogens is 4. The van der Waals surface area contributed by atoms with Crippen molar-refractivity contribution in [2.75, 3.05) is 0 Å². The van der Waals surface area contributed by atoms with Crippen molar-refractivity contribution in [3.8, 4) is 5.75 Å². The minimum absolute atomic E-state index is 0.480. The van der Waals surface area contributed by atoms with Gasteiger partial charge in [0.25, 0.3) is 0 Å². The van der Waals surface area contributed by atoms with Gasteiger partial charge in [-0.05, 0) is 29.8 Å². The molecule has 2 heterocycles. The van der Waals surface area contributed by atoms with Crippen LogP contribution in [0.3, 0.4) is 0 Å². The van der Waals surface area contributed by atoms with Gasteiger partial charge in [-0.1, -0.05) is 30.0 Å². The zero-order valence-electron chi connectivity index (χ0n) is 12.2. The van der Waals surface area contributed by atoms with E-state index in [0.29, 0.717) is 6.61 Å². The first kappa shape index (κ1) is 14.6. The topological polar surface area (TPSA) is 52.8 Å². The average Bonchev–Trinajstić information content (AvgIpc) is 2.98. The zero-order chi connectivity index (χ0) is 15.2. The summed E-state index contributed by atoms with van der Waals surface area (Å²) in [6.07, 6.45) is 3.47. The Labute approximate surface area is 133 Å². The number of ether oxygens (including phenoxy) is 1. The van der Waals surface area contributed by atoms with Crippen molar-refractivity contribution in [1.29, 1.82) is 0 Å². The molecule has 112 valence electrons. The first-order valence-corrected chi connectivity index (χ1v) is 7.88. The van der Waals surface area contributed by atoms with E-state index in [2.05, 4.69) is 27.3 Å². The van der Waals surface area contributed by atoms with E-state index in [1.807, 2.05) is 41.9 Å². The maximum absolute atomic E-state index is 5.72. The third-order valence-electron chi connectivity index (χ3n) is 3.07. The van der Waals surface area contributed by atoms with Crippen molar-refractivity contribution in [1.82, 2.24) is 19.7 Å². The van der Waals surface area contributed by atoms with E-state index in [0.717, 1.165) is 22.4 Å². The maximum atomic E-state index is 5.72. The largest absolute Gasteiger partial charge is 0.487 e. The molecule has 0 aliphatic rings. The Morgan fingerprint density at radius 2 is 2.00 bits per heavy atom. The molecular formula is C16H16N4OS. The number of thioether (sulfide) groups is 1. The summed E-state index contributed by atoms with van der Waals surface area (Å²) in [5.41, 5.74) is 2.14. The molecule has 6 heteroatoms. The number of aryl methyl sites for hydroxylation is 1. The van der Waals surface area contributed by atoms with Gasteiger partial charge in [-0.25, -0.2) is 0 Å². The van der Waals surface area contributed by atoms with Crippen molar-refractivity contribution >= 4 is 11.8 Å². The first-order chi connectivity index (χ1) is 10.8. The highest BCUT2D eigenvalue weighted by molar-refractivity contribution is 7.98. The first-order valence-electron chi connectivity index (χ1n) is 6.90. The van der Waals surface area contributed by atoms with Crippen LogP contribution in [0.25, 0.3) is 0 Å². The van der Waals surface area contributed by atoms with Gasteiger partial charge in [0, 0.05) is 19.0 Å². The number of pyridine rings is 1. The van der Waals surface area contributed by atoms with E-state index in [9.17, 15) is 0 Å². The molecule has 0 fully saturated rings. The third-order valence-corrected chi connectivity index (χ3v) is 4.18. The summed E-state index contributed by atoms with van der Waals surface area (Å²) in [6.45, 7) is 0.480. The van der Waals surface area contributed by atoms with Crippen LogP contribution in [0.5, 0.6) is 5.75 Å². The second-order valence-corrected chi connectivity index (χ2v) is 5.71. The van der Waals surface area contributed by atoms with Gasteiger partial charge in [-0.15, -0.1) is 10.2 Å².